The molecule has 1 saturated heterocycles. The maximum atomic E-state index is 12.9. The number of nitrogens with zero attached hydrogens (tertiary/aromatic N) is 4. The van der Waals surface area contributed by atoms with Crippen LogP contribution < -0.4 is 15.5 Å². The normalized spacial score (nSPS) is 17.8. The average molecular weight is 351 g/mol. The van der Waals surface area contributed by atoms with E-state index in [0.717, 1.165) is 68.3 Å². The minimum Gasteiger partial charge on any atom is -0.398 e. The number of benzene rings is 1. The Morgan fingerprint density at radius 1 is 1.04 bits per heavy atom. The number of fused-ring (bicyclic) bond motifs is 1. The summed E-state index contributed by atoms with van der Waals surface area (Å²) in [5.41, 5.74) is 9.01. The largest absolute Gasteiger partial charge is 0.398 e. The van der Waals surface area contributed by atoms with E-state index in [1.54, 1.807) is 0 Å². The summed E-state index contributed by atoms with van der Waals surface area (Å²) < 4.78 is 0. The lowest BCUT2D eigenvalue weighted by Gasteiger charge is -2.37. The fourth-order valence-electron chi connectivity index (χ4n) is 3.86. The Kier molecular flexibility index (Phi) is 4.75. The van der Waals surface area contributed by atoms with Crippen molar-refractivity contribution in [3.63, 3.8) is 0 Å². The molecule has 0 radical (unpaired) electrons. The quantitative estimate of drug-likeness (QED) is 0.854. The molecular weight excluding hydrogens is 326 g/mol. The van der Waals surface area contributed by atoms with Gasteiger partial charge in [-0.3, -0.25) is 9.69 Å². The SMILES string of the molecule is Nc1cccc2c1CCCN2C(=O)CN1CCN(c2ccccn2)CC1. The molecule has 0 atom stereocenters. The third kappa shape index (κ3) is 3.37. The molecule has 2 aromatic rings. The van der Waals surface area contributed by atoms with Gasteiger partial charge in [-0.2, -0.15) is 0 Å². The minimum absolute atomic E-state index is 0.169. The summed E-state index contributed by atoms with van der Waals surface area (Å²) >= 11 is 0. The first-order chi connectivity index (χ1) is 12.7. The van der Waals surface area contributed by atoms with Gasteiger partial charge >= 0.3 is 0 Å². The fraction of sp³-hybridized carbons (Fsp3) is 0.400. The number of carbonyl (C=O) groups excluding carboxylic acids is 1. The fourth-order valence-corrected chi connectivity index (χ4v) is 3.86. The van der Waals surface area contributed by atoms with Crippen molar-refractivity contribution in [1.82, 2.24) is 9.88 Å². The first-order valence-electron chi connectivity index (χ1n) is 9.28. The number of nitrogens with two attached hydrogens (primary N) is 1. The second-order valence-corrected chi connectivity index (χ2v) is 6.94. The van der Waals surface area contributed by atoms with Crippen LogP contribution in [0.25, 0.3) is 0 Å². The van der Waals surface area contributed by atoms with E-state index < -0.39 is 0 Å². The van der Waals surface area contributed by atoms with Gasteiger partial charge in [-0.05, 0) is 42.7 Å². The molecule has 2 aliphatic heterocycles. The molecule has 1 fully saturated rings. The van der Waals surface area contributed by atoms with Crippen LogP contribution >= 0.6 is 0 Å². The molecule has 1 amide bonds. The summed E-state index contributed by atoms with van der Waals surface area (Å²) in [6, 6.07) is 11.9. The zero-order valence-corrected chi connectivity index (χ0v) is 15.0. The minimum atomic E-state index is 0.169. The highest BCUT2D eigenvalue weighted by atomic mass is 16.2. The van der Waals surface area contributed by atoms with E-state index in [9.17, 15) is 4.79 Å². The van der Waals surface area contributed by atoms with Gasteiger partial charge in [-0.1, -0.05) is 12.1 Å². The highest BCUT2D eigenvalue weighted by Crippen LogP contribution is 2.31. The van der Waals surface area contributed by atoms with Gasteiger partial charge < -0.3 is 15.5 Å². The third-order valence-corrected chi connectivity index (χ3v) is 5.29. The summed E-state index contributed by atoms with van der Waals surface area (Å²) in [6.45, 7) is 4.79. The van der Waals surface area contributed by atoms with Crippen molar-refractivity contribution < 1.29 is 4.79 Å². The monoisotopic (exact) mass is 351 g/mol. The molecule has 136 valence electrons. The molecule has 4 rings (SSSR count). The van der Waals surface area contributed by atoms with E-state index in [1.807, 2.05) is 47.5 Å². The number of hydrogen-bond donors (Lipinski definition) is 1. The molecule has 1 aromatic carbocycles. The number of rotatable bonds is 3. The molecule has 1 aromatic heterocycles. The molecule has 0 bridgehead atoms. The van der Waals surface area contributed by atoms with Gasteiger partial charge in [0.1, 0.15) is 5.82 Å². The maximum Gasteiger partial charge on any atom is 0.241 e. The van der Waals surface area contributed by atoms with Crippen molar-refractivity contribution in [2.75, 3.05) is 54.8 Å². The first-order valence-corrected chi connectivity index (χ1v) is 9.28. The van der Waals surface area contributed by atoms with Gasteiger partial charge in [-0.15, -0.1) is 0 Å². The molecule has 2 N–H and O–H groups in total. The van der Waals surface area contributed by atoms with E-state index in [2.05, 4.69) is 14.8 Å². The van der Waals surface area contributed by atoms with E-state index in [4.69, 9.17) is 5.73 Å². The zero-order valence-electron chi connectivity index (χ0n) is 15.0. The number of aromatic nitrogens is 1. The molecule has 0 aliphatic carbocycles. The van der Waals surface area contributed by atoms with Gasteiger partial charge in [0.2, 0.25) is 5.91 Å². The summed E-state index contributed by atoms with van der Waals surface area (Å²) in [7, 11) is 0. The van der Waals surface area contributed by atoms with Gasteiger partial charge in [-0.25, -0.2) is 4.98 Å². The summed E-state index contributed by atoms with van der Waals surface area (Å²) in [5, 5.41) is 0. The van der Waals surface area contributed by atoms with E-state index in [1.165, 1.54) is 0 Å². The molecule has 0 spiro atoms. The third-order valence-electron chi connectivity index (χ3n) is 5.29. The predicted octanol–water partition coefficient (Wildman–Crippen LogP) is 1.77. The first kappa shape index (κ1) is 16.8. The van der Waals surface area contributed by atoms with Gasteiger partial charge in [0, 0.05) is 50.3 Å². The zero-order chi connectivity index (χ0) is 17.9. The van der Waals surface area contributed by atoms with Crippen LogP contribution in [0, 0.1) is 0 Å². The smallest absolute Gasteiger partial charge is 0.241 e. The van der Waals surface area contributed by atoms with Crippen LogP contribution in [0.4, 0.5) is 17.2 Å². The molecule has 6 nitrogen and oxygen atoms in total. The topological polar surface area (TPSA) is 65.7 Å². The van der Waals surface area contributed by atoms with E-state index >= 15 is 0 Å². The predicted molar refractivity (Wildman–Crippen MR) is 104 cm³/mol. The second-order valence-electron chi connectivity index (χ2n) is 6.94. The molecule has 0 saturated carbocycles. The lowest BCUT2D eigenvalue weighted by atomic mass is 10.00. The van der Waals surface area contributed by atoms with Gasteiger partial charge in [0.15, 0.2) is 0 Å². The molecule has 0 unspecified atom stereocenters. The number of pyridine rings is 1. The lowest BCUT2D eigenvalue weighted by molar-refractivity contribution is -0.119. The standard InChI is InChI=1S/C20H25N5O/c21-17-6-3-7-18-16(17)5-4-10-25(18)20(26)15-23-11-13-24(14-12-23)19-8-1-2-9-22-19/h1-3,6-9H,4-5,10-15,21H2. The number of nitrogen functional groups attached to an aromatic ring is 1. The van der Waals surface area contributed by atoms with Gasteiger partial charge in [0.05, 0.1) is 6.54 Å². The van der Waals surface area contributed by atoms with Crippen molar-refractivity contribution >= 4 is 23.1 Å². The van der Waals surface area contributed by atoms with Crippen molar-refractivity contribution in [3.8, 4) is 0 Å². The van der Waals surface area contributed by atoms with Crippen LogP contribution in [0.3, 0.4) is 0 Å². The van der Waals surface area contributed by atoms with Crippen LogP contribution in [0.2, 0.25) is 0 Å². The van der Waals surface area contributed by atoms with Crippen LogP contribution in [-0.2, 0) is 11.2 Å². The van der Waals surface area contributed by atoms with E-state index in [0.29, 0.717) is 6.54 Å². The highest BCUT2D eigenvalue weighted by Gasteiger charge is 2.26. The Morgan fingerprint density at radius 3 is 2.65 bits per heavy atom. The number of carbonyl (C=O) groups is 1. The molecule has 2 aliphatic rings. The average Bonchev–Trinajstić information content (AvgIpc) is 2.69. The molecular formula is C20H25N5O. The van der Waals surface area contributed by atoms with Crippen molar-refractivity contribution in [1.29, 1.82) is 0 Å². The Bertz CT molecular complexity index is 771. The number of piperazine rings is 1. The van der Waals surface area contributed by atoms with Crippen LogP contribution in [0.15, 0.2) is 42.6 Å². The second kappa shape index (κ2) is 7.33. The number of anilines is 3. The van der Waals surface area contributed by atoms with Crippen LogP contribution in [-0.4, -0.2) is 55.1 Å². The highest BCUT2D eigenvalue weighted by molar-refractivity contribution is 5.96. The van der Waals surface area contributed by atoms with E-state index in [-0.39, 0.29) is 5.91 Å². The van der Waals surface area contributed by atoms with Crippen molar-refractivity contribution in [2.24, 2.45) is 0 Å². The Labute approximate surface area is 154 Å². The van der Waals surface area contributed by atoms with Crippen LogP contribution in [0.5, 0.6) is 0 Å². The molecule has 6 heteroatoms. The molecule has 3 heterocycles. The molecule has 26 heavy (non-hydrogen) atoms. The number of hydrogen-bond acceptors (Lipinski definition) is 5. The van der Waals surface area contributed by atoms with Crippen molar-refractivity contribution in [2.45, 2.75) is 12.8 Å². The summed E-state index contributed by atoms with van der Waals surface area (Å²) in [6.07, 6.45) is 3.75. The Morgan fingerprint density at radius 2 is 1.88 bits per heavy atom. The Balaban J connectivity index is 1.38. The summed E-state index contributed by atoms with van der Waals surface area (Å²) in [5.74, 6) is 1.18. The Hall–Kier alpha value is -2.60. The lowest BCUT2D eigenvalue weighted by Crippen LogP contribution is -2.51. The van der Waals surface area contributed by atoms with Crippen molar-refractivity contribution in [3.05, 3.63) is 48.2 Å². The van der Waals surface area contributed by atoms with Crippen LogP contribution in [0.1, 0.15) is 12.0 Å². The number of amides is 1. The van der Waals surface area contributed by atoms with Gasteiger partial charge in [0.25, 0.3) is 0 Å². The summed E-state index contributed by atoms with van der Waals surface area (Å²) in [4.78, 5) is 23.8. The maximum absolute atomic E-state index is 12.9.